The van der Waals surface area contributed by atoms with E-state index in [0.29, 0.717) is 34.6 Å². The number of unbranched alkanes of at least 4 members (excludes halogenated alkanes) is 1. The van der Waals surface area contributed by atoms with Gasteiger partial charge in [-0.3, -0.25) is 9.59 Å². The van der Waals surface area contributed by atoms with Crippen molar-refractivity contribution in [3.05, 3.63) is 98.4 Å². The third kappa shape index (κ3) is 4.85. The molecule has 1 aliphatic rings. The Labute approximate surface area is 227 Å². The Kier molecular flexibility index (Phi) is 7.33. The van der Waals surface area contributed by atoms with Gasteiger partial charge in [0.25, 0.3) is 5.91 Å². The normalized spacial score (nSPS) is 14.5. The van der Waals surface area contributed by atoms with Crippen molar-refractivity contribution in [1.82, 2.24) is 4.90 Å². The minimum atomic E-state index is -0.657. The summed E-state index contributed by atoms with van der Waals surface area (Å²) >= 11 is 0. The number of carbonyl (C=O) groups excluding carboxylic acids is 1. The van der Waals surface area contributed by atoms with E-state index in [1.807, 2.05) is 68.4 Å². The van der Waals surface area contributed by atoms with Gasteiger partial charge in [0.1, 0.15) is 11.3 Å². The van der Waals surface area contributed by atoms with Gasteiger partial charge < -0.3 is 23.5 Å². The summed E-state index contributed by atoms with van der Waals surface area (Å²) in [5.74, 6) is 1.65. The van der Waals surface area contributed by atoms with Gasteiger partial charge in [0, 0.05) is 6.54 Å². The lowest BCUT2D eigenvalue weighted by Crippen LogP contribution is -2.29. The van der Waals surface area contributed by atoms with Crippen LogP contribution in [0.2, 0.25) is 0 Å². The fourth-order valence-electron chi connectivity index (χ4n) is 5.01. The molecule has 0 fully saturated rings. The second kappa shape index (κ2) is 10.8. The van der Waals surface area contributed by atoms with Crippen molar-refractivity contribution in [3.8, 4) is 17.2 Å². The van der Waals surface area contributed by atoms with Crippen molar-refractivity contribution in [2.75, 3.05) is 20.8 Å². The topological polar surface area (TPSA) is 78.2 Å². The summed E-state index contributed by atoms with van der Waals surface area (Å²) in [6.45, 7) is 6.88. The van der Waals surface area contributed by atoms with Crippen LogP contribution in [-0.2, 0) is 6.54 Å². The molecule has 5 rings (SSSR count). The number of hydrogen-bond acceptors (Lipinski definition) is 6. The zero-order chi connectivity index (χ0) is 27.7. The second-order valence-corrected chi connectivity index (χ2v) is 9.90. The van der Waals surface area contributed by atoms with Gasteiger partial charge in [0.15, 0.2) is 16.9 Å². The first-order valence-electron chi connectivity index (χ1n) is 13.2. The Hall–Kier alpha value is -4.26. The number of ether oxygens (including phenoxy) is 3. The van der Waals surface area contributed by atoms with Gasteiger partial charge in [0.05, 0.1) is 37.8 Å². The highest BCUT2D eigenvalue weighted by atomic mass is 16.5. The Morgan fingerprint density at radius 2 is 1.64 bits per heavy atom. The van der Waals surface area contributed by atoms with E-state index in [0.717, 1.165) is 40.8 Å². The Morgan fingerprint density at radius 3 is 2.33 bits per heavy atom. The molecule has 0 N–H and O–H groups in total. The quantitative estimate of drug-likeness (QED) is 0.236. The summed E-state index contributed by atoms with van der Waals surface area (Å²) in [7, 11) is 3.20. The van der Waals surface area contributed by atoms with Crippen LogP contribution in [0.15, 0.2) is 63.8 Å². The van der Waals surface area contributed by atoms with E-state index in [2.05, 4.69) is 6.92 Å². The van der Waals surface area contributed by atoms with Crippen LogP contribution in [0, 0.1) is 13.8 Å². The number of aryl methyl sites for hydroxylation is 2. The predicted octanol–water partition coefficient (Wildman–Crippen LogP) is 6.35. The number of benzene rings is 3. The molecular weight excluding hydrogens is 494 g/mol. The average molecular weight is 528 g/mol. The van der Waals surface area contributed by atoms with E-state index in [1.165, 1.54) is 0 Å². The number of carbonyl (C=O) groups is 1. The standard InChI is InChI=1S/C32H33NO6/c1-6-7-14-38-25-13-10-22(17-27(25)37-5)29-28-30(34)24-15-19(2)20(3)16-26(24)39-31(28)32(35)33(29)18-21-8-11-23(36-4)12-9-21/h8-13,15-17,29H,6-7,14,18H2,1-5H3. The van der Waals surface area contributed by atoms with Crippen LogP contribution < -0.4 is 19.6 Å². The number of amides is 1. The zero-order valence-corrected chi connectivity index (χ0v) is 23.0. The molecule has 7 nitrogen and oxygen atoms in total. The van der Waals surface area contributed by atoms with Crippen LogP contribution in [0.25, 0.3) is 11.0 Å². The Bertz CT molecular complexity index is 1590. The van der Waals surface area contributed by atoms with Crippen LogP contribution in [0.4, 0.5) is 0 Å². The average Bonchev–Trinajstić information content (AvgIpc) is 3.21. The summed E-state index contributed by atoms with van der Waals surface area (Å²) in [4.78, 5) is 29.5. The third-order valence-electron chi connectivity index (χ3n) is 7.35. The molecule has 3 aromatic carbocycles. The maximum atomic E-state index is 14.0. The number of hydrogen-bond donors (Lipinski definition) is 0. The minimum absolute atomic E-state index is 0.0801. The molecule has 1 amide bonds. The van der Waals surface area contributed by atoms with Crippen molar-refractivity contribution < 1.29 is 23.4 Å². The van der Waals surface area contributed by atoms with E-state index in [-0.39, 0.29) is 23.6 Å². The van der Waals surface area contributed by atoms with Crippen LogP contribution in [0.1, 0.15) is 64.2 Å². The van der Waals surface area contributed by atoms with E-state index < -0.39 is 6.04 Å². The van der Waals surface area contributed by atoms with Gasteiger partial charge >= 0.3 is 0 Å². The lowest BCUT2D eigenvalue weighted by molar-refractivity contribution is 0.0714. The summed E-state index contributed by atoms with van der Waals surface area (Å²) in [5, 5.41) is 0.465. The Balaban J connectivity index is 1.66. The lowest BCUT2D eigenvalue weighted by Gasteiger charge is -2.26. The highest BCUT2D eigenvalue weighted by Crippen LogP contribution is 2.42. The molecule has 0 saturated heterocycles. The second-order valence-electron chi connectivity index (χ2n) is 9.90. The van der Waals surface area contributed by atoms with E-state index in [9.17, 15) is 9.59 Å². The Morgan fingerprint density at radius 1 is 0.897 bits per heavy atom. The van der Waals surface area contributed by atoms with Gasteiger partial charge in [-0.15, -0.1) is 0 Å². The molecule has 2 heterocycles. The maximum absolute atomic E-state index is 14.0. The summed E-state index contributed by atoms with van der Waals surface area (Å²) in [6.07, 6.45) is 1.95. The smallest absolute Gasteiger partial charge is 0.291 e. The van der Waals surface area contributed by atoms with Crippen LogP contribution in [-0.4, -0.2) is 31.6 Å². The maximum Gasteiger partial charge on any atom is 0.291 e. The summed E-state index contributed by atoms with van der Waals surface area (Å²) < 4.78 is 23.0. The monoisotopic (exact) mass is 527 g/mol. The molecule has 39 heavy (non-hydrogen) atoms. The van der Waals surface area contributed by atoms with E-state index in [1.54, 1.807) is 19.1 Å². The first kappa shape index (κ1) is 26.4. The van der Waals surface area contributed by atoms with Crippen molar-refractivity contribution in [3.63, 3.8) is 0 Å². The number of methoxy groups -OCH3 is 2. The van der Waals surface area contributed by atoms with Crippen molar-refractivity contribution >= 4 is 16.9 Å². The highest BCUT2D eigenvalue weighted by molar-refractivity contribution is 5.99. The van der Waals surface area contributed by atoms with Crippen LogP contribution in [0.5, 0.6) is 17.2 Å². The molecule has 0 bridgehead atoms. The first-order valence-corrected chi connectivity index (χ1v) is 13.2. The van der Waals surface area contributed by atoms with Gasteiger partial charge in [-0.2, -0.15) is 0 Å². The molecule has 4 aromatic rings. The van der Waals surface area contributed by atoms with Gasteiger partial charge in [-0.25, -0.2) is 0 Å². The molecule has 1 atom stereocenters. The van der Waals surface area contributed by atoms with Crippen LogP contribution >= 0.6 is 0 Å². The van der Waals surface area contributed by atoms with Crippen molar-refractivity contribution in [2.24, 2.45) is 0 Å². The predicted molar refractivity (Wildman–Crippen MR) is 150 cm³/mol. The zero-order valence-electron chi connectivity index (χ0n) is 23.0. The molecule has 202 valence electrons. The van der Waals surface area contributed by atoms with E-state index in [4.69, 9.17) is 18.6 Å². The molecule has 0 saturated carbocycles. The lowest BCUT2D eigenvalue weighted by atomic mass is 9.97. The minimum Gasteiger partial charge on any atom is -0.497 e. The fourth-order valence-corrected chi connectivity index (χ4v) is 5.01. The first-order chi connectivity index (χ1) is 18.9. The molecule has 1 unspecified atom stereocenters. The van der Waals surface area contributed by atoms with E-state index >= 15 is 0 Å². The SMILES string of the molecule is CCCCOc1ccc(C2c3c(oc4cc(C)c(C)cc4c3=O)C(=O)N2Cc2ccc(OC)cc2)cc1OC. The number of fused-ring (bicyclic) bond motifs is 2. The molecule has 0 radical (unpaired) electrons. The fraction of sp³-hybridized carbons (Fsp3) is 0.312. The molecular formula is C32H33NO6. The highest BCUT2D eigenvalue weighted by Gasteiger charge is 2.43. The summed E-state index contributed by atoms with van der Waals surface area (Å²) in [5.41, 5.74) is 4.17. The van der Waals surface area contributed by atoms with Gasteiger partial charge in [-0.1, -0.05) is 31.5 Å². The largest absolute Gasteiger partial charge is 0.497 e. The van der Waals surface area contributed by atoms with Crippen molar-refractivity contribution in [2.45, 2.75) is 46.2 Å². The molecule has 1 aromatic heterocycles. The molecule has 0 spiro atoms. The molecule has 7 heteroatoms. The van der Waals surface area contributed by atoms with Gasteiger partial charge in [-0.05, 0) is 78.9 Å². The molecule has 1 aliphatic heterocycles. The number of rotatable bonds is 9. The third-order valence-corrected chi connectivity index (χ3v) is 7.35. The van der Waals surface area contributed by atoms with Gasteiger partial charge in [0.2, 0.25) is 5.76 Å². The molecule has 0 aliphatic carbocycles. The van der Waals surface area contributed by atoms with Crippen molar-refractivity contribution in [1.29, 1.82) is 0 Å². The van der Waals surface area contributed by atoms with Crippen LogP contribution in [0.3, 0.4) is 0 Å². The summed E-state index contributed by atoms with van der Waals surface area (Å²) in [6, 6.07) is 16.1. The number of nitrogens with zero attached hydrogens (tertiary/aromatic N) is 1.